The minimum Gasteiger partial charge on any atom is -0.433 e. The van der Waals surface area contributed by atoms with Crippen molar-refractivity contribution in [3.63, 3.8) is 0 Å². The summed E-state index contributed by atoms with van der Waals surface area (Å²) in [6, 6.07) is 16.2. The van der Waals surface area contributed by atoms with Gasteiger partial charge in [-0.1, -0.05) is 48.5 Å². The molecular formula is C21H23BO6. The topological polar surface area (TPSA) is 85.2 Å². The third-order valence-electron chi connectivity index (χ3n) is 5.59. The summed E-state index contributed by atoms with van der Waals surface area (Å²) >= 11 is 0. The van der Waals surface area contributed by atoms with E-state index in [1.165, 1.54) is 0 Å². The third kappa shape index (κ3) is 3.41. The lowest BCUT2D eigenvalue weighted by atomic mass is 9.78. The van der Waals surface area contributed by atoms with Crippen molar-refractivity contribution in [1.82, 2.24) is 0 Å². The quantitative estimate of drug-likeness (QED) is 0.616. The van der Waals surface area contributed by atoms with Crippen LogP contribution in [0.5, 0.6) is 0 Å². The molecule has 0 aromatic heterocycles. The highest BCUT2D eigenvalue weighted by atomic mass is 16.7. The monoisotopic (exact) mass is 382 g/mol. The lowest BCUT2D eigenvalue weighted by molar-refractivity contribution is -0.154. The lowest BCUT2D eigenvalue weighted by Crippen LogP contribution is -2.51. The number of ether oxygens (including phenoxy) is 3. The van der Waals surface area contributed by atoms with E-state index in [0.717, 1.165) is 22.3 Å². The van der Waals surface area contributed by atoms with Gasteiger partial charge in [0.15, 0.2) is 0 Å². The summed E-state index contributed by atoms with van der Waals surface area (Å²) in [5.41, 5.74) is 4.55. The zero-order valence-corrected chi connectivity index (χ0v) is 15.7. The van der Waals surface area contributed by atoms with E-state index in [1.807, 2.05) is 44.2 Å². The Balaban J connectivity index is 1.44. The fourth-order valence-corrected chi connectivity index (χ4v) is 4.10. The number of benzene rings is 2. The molecule has 1 fully saturated rings. The van der Waals surface area contributed by atoms with Gasteiger partial charge in [-0.05, 0) is 28.1 Å². The number of fused-ring (bicyclic) bond motifs is 3. The number of rotatable bonds is 4. The Hall–Kier alpha value is -2.35. The molecule has 28 heavy (non-hydrogen) atoms. The number of hydrogen-bond donors (Lipinski definition) is 2. The molecule has 4 rings (SSSR count). The average Bonchev–Trinajstić information content (AvgIpc) is 3.03. The SMILES string of the molecule is BC1COC(CO)C(O)[C@@H]1OC(=O)OCC1c2ccccc2-c2ccccc21. The van der Waals surface area contributed by atoms with E-state index in [0.29, 0.717) is 6.61 Å². The number of aliphatic hydroxyl groups excluding tert-OH is 2. The van der Waals surface area contributed by atoms with E-state index < -0.39 is 24.5 Å². The molecule has 1 aliphatic carbocycles. The number of hydrogen-bond acceptors (Lipinski definition) is 6. The van der Waals surface area contributed by atoms with Crippen molar-refractivity contribution in [3.8, 4) is 11.1 Å². The van der Waals surface area contributed by atoms with Crippen LogP contribution in [-0.2, 0) is 14.2 Å². The van der Waals surface area contributed by atoms with Crippen molar-refractivity contribution in [3.05, 3.63) is 59.7 Å². The number of carbonyl (C=O) groups excluding carboxylic acids is 1. The summed E-state index contributed by atoms with van der Waals surface area (Å²) in [5, 5.41) is 19.5. The smallest absolute Gasteiger partial charge is 0.433 e. The van der Waals surface area contributed by atoms with Crippen LogP contribution in [0.25, 0.3) is 11.1 Å². The first-order valence-corrected chi connectivity index (χ1v) is 9.52. The molecule has 1 aliphatic heterocycles. The standard InChI is InChI=1S/C21H23BO6/c22-17-11-26-18(9-23)19(24)20(17)28-21(25)27-10-16-14-7-3-1-5-12(14)13-6-2-4-8-15(13)16/h1-8,16-20,23-24H,9-11,22H2/t17?,18?,19?,20-/m1/s1. The van der Waals surface area contributed by atoms with E-state index in [4.69, 9.17) is 14.2 Å². The molecule has 2 N–H and O–H groups in total. The van der Waals surface area contributed by atoms with Gasteiger partial charge in [0.2, 0.25) is 0 Å². The van der Waals surface area contributed by atoms with E-state index >= 15 is 0 Å². The molecule has 6 nitrogen and oxygen atoms in total. The summed E-state index contributed by atoms with van der Waals surface area (Å²) in [7, 11) is 1.82. The second-order valence-electron chi connectivity index (χ2n) is 7.39. The van der Waals surface area contributed by atoms with Crippen LogP contribution >= 0.6 is 0 Å². The van der Waals surface area contributed by atoms with Crippen molar-refractivity contribution in [2.75, 3.05) is 19.8 Å². The molecule has 2 aromatic carbocycles. The first kappa shape index (κ1) is 19.0. The maximum Gasteiger partial charge on any atom is 0.508 e. The Kier molecular flexibility index (Phi) is 5.39. The minimum atomic E-state index is -1.09. The molecule has 0 spiro atoms. The van der Waals surface area contributed by atoms with Crippen LogP contribution in [0.15, 0.2) is 48.5 Å². The van der Waals surface area contributed by atoms with Crippen LogP contribution in [-0.4, -0.2) is 62.3 Å². The number of aliphatic hydroxyl groups is 2. The van der Waals surface area contributed by atoms with E-state index in [2.05, 4.69) is 12.1 Å². The van der Waals surface area contributed by atoms with Crippen molar-refractivity contribution >= 4 is 14.0 Å². The fourth-order valence-electron chi connectivity index (χ4n) is 4.10. The maximum absolute atomic E-state index is 12.3. The summed E-state index contributed by atoms with van der Waals surface area (Å²) < 4.78 is 16.2. The Morgan fingerprint density at radius 1 is 1.11 bits per heavy atom. The molecule has 0 amide bonds. The zero-order chi connectivity index (χ0) is 19.7. The highest BCUT2D eigenvalue weighted by molar-refractivity contribution is 6.12. The van der Waals surface area contributed by atoms with Crippen molar-refractivity contribution < 1.29 is 29.2 Å². The molecule has 1 heterocycles. The Morgan fingerprint density at radius 3 is 2.32 bits per heavy atom. The van der Waals surface area contributed by atoms with Gasteiger partial charge < -0.3 is 24.4 Å². The molecule has 2 aliphatic rings. The fraction of sp³-hybridized carbons (Fsp3) is 0.381. The molecule has 3 unspecified atom stereocenters. The van der Waals surface area contributed by atoms with E-state index in [9.17, 15) is 15.0 Å². The Labute approximate surface area is 164 Å². The molecule has 0 radical (unpaired) electrons. The molecule has 2 aromatic rings. The van der Waals surface area contributed by atoms with Crippen LogP contribution in [0.3, 0.4) is 0 Å². The minimum absolute atomic E-state index is 0.0535. The van der Waals surface area contributed by atoms with Crippen LogP contribution in [0, 0.1) is 0 Å². The Bertz CT molecular complexity index is 811. The second-order valence-corrected chi connectivity index (χ2v) is 7.39. The lowest BCUT2D eigenvalue weighted by Gasteiger charge is -2.37. The third-order valence-corrected chi connectivity index (χ3v) is 5.59. The van der Waals surface area contributed by atoms with Gasteiger partial charge in [-0.15, -0.1) is 0 Å². The van der Waals surface area contributed by atoms with Gasteiger partial charge in [0.1, 0.15) is 32.8 Å². The van der Waals surface area contributed by atoms with Gasteiger partial charge in [0, 0.05) is 12.5 Å². The van der Waals surface area contributed by atoms with Crippen LogP contribution < -0.4 is 0 Å². The molecule has 146 valence electrons. The predicted octanol–water partition coefficient (Wildman–Crippen LogP) is 1.49. The van der Waals surface area contributed by atoms with Crippen molar-refractivity contribution in [2.24, 2.45) is 0 Å². The maximum atomic E-state index is 12.3. The summed E-state index contributed by atoms with van der Waals surface area (Å²) in [6.45, 7) is 0.117. The van der Waals surface area contributed by atoms with Gasteiger partial charge in [-0.2, -0.15) is 0 Å². The second kappa shape index (κ2) is 7.95. The van der Waals surface area contributed by atoms with Gasteiger partial charge in [-0.3, -0.25) is 0 Å². The zero-order valence-electron chi connectivity index (χ0n) is 15.7. The summed E-state index contributed by atoms with van der Waals surface area (Å²) in [6.07, 6.45) is -3.45. The van der Waals surface area contributed by atoms with Gasteiger partial charge >= 0.3 is 6.16 Å². The molecule has 1 saturated heterocycles. The predicted molar refractivity (Wildman–Crippen MR) is 105 cm³/mol. The van der Waals surface area contributed by atoms with Gasteiger partial charge in [-0.25, -0.2) is 4.79 Å². The molecule has 7 heteroatoms. The normalized spacial score (nSPS) is 26.4. The number of carbonyl (C=O) groups is 1. The van der Waals surface area contributed by atoms with E-state index in [1.54, 1.807) is 0 Å². The van der Waals surface area contributed by atoms with Crippen LogP contribution in [0.1, 0.15) is 17.0 Å². The van der Waals surface area contributed by atoms with Crippen molar-refractivity contribution in [1.29, 1.82) is 0 Å². The van der Waals surface area contributed by atoms with Gasteiger partial charge in [0.25, 0.3) is 0 Å². The first-order valence-electron chi connectivity index (χ1n) is 9.52. The van der Waals surface area contributed by atoms with Crippen LogP contribution in [0.2, 0.25) is 5.82 Å². The molecular weight excluding hydrogens is 359 g/mol. The Morgan fingerprint density at radius 2 is 1.71 bits per heavy atom. The largest absolute Gasteiger partial charge is 0.508 e. The average molecular weight is 382 g/mol. The molecule has 4 atom stereocenters. The summed E-state index contributed by atoms with van der Waals surface area (Å²) in [4.78, 5) is 12.3. The van der Waals surface area contributed by atoms with E-state index in [-0.39, 0.29) is 24.9 Å². The van der Waals surface area contributed by atoms with Crippen molar-refractivity contribution in [2.45, 2.75) is 30.0 Å². The van der Waals surface area contributed by atoms with Gasteiger partial charge in [0.05, 0.1) is 6.61 Å². The summed E-state index contributed by atoms with van der Waals surface area (Å²) in [5.74, 6) is -0.250. The molecule has 0 bridgehead atoms. The first-order chi connectivity index (χ1) is 13.6. The van der Waals surface area contributed by atoms with Crippen LogP contribution in [0.4, 0.5) is 4.79 Å². The highest BCUT2D eigenvalue weighted by Crippen LogP contribution is 2.44. The highest BCUT2D eigenvalue weighted by Gasteiger charge is 2.40. The molecule has 0 saturated carbocycles.